The molecule has 11 heteroatoms. The topological polar surface area (TPSA) is 182 Å². The third-order valence-electron chi connectivity index (χ3n) is 5.48. The van der Waals surface area contributed by atoms with Crippen molar-refractivity contribution in [3.8, 4) is 0 Å². The van der Waals surface area contributed by atoms with Gasteiger partial charge in [0.05, 0.1) is 12.2 Å². The van der Waals surface area contributed by atoms with E-state index in [0.29, 0.717) is 19.3 Å². The lowest BCUT2D eigenvalue weighted by molar-refractivity contribution is -0.151. The number of aliphatic hydroxyl groups excluding tert-OH is 2. The highest BCUT2D eigenvalue weighted by atomic mass is 16.4. The molecule has 1 aliphatic heterocycles. The summed E-state index contributed by atoms with van der Waals surface area (Å²) in [6.07, 6.45) is -1.09. The minimum Gasteiger partial charge on any atom is -0.480 e. The smallest absolute Gasteiger partial charge is 0.326 e. The Morgan fingerprint density at radius 2 is 1.60 bits per heavy atom. The largest absolute Gasteiger partial charge is 0.480 e. The van der Waals surface area contributed by atoms with Gasteiger partial charge < -0.3 is 36.6 Å². The van der Waals surface area contributed by atoms with Crippen LogP contribution >= 0.6 is 0 Å². The number of aliphatic carboxylic acids is 1. The van der Waals surface area contributed by atoms with E-state index in [1.165, 1.54) is 13.8 Å². The molecule has 7 unspecified atom stereocenters. The number of rotatable bonds is 10. The van der Waals surface area contributed by atoms with Gasteiger partial charge in [0, 0.05) is 6.54 Å². The number of hydrogen-bond acceptors (Lipinski definition) is 7. The fraction of sp³-hybridized carbons (Fsp3) is 0.789. The zero-order chi connectivity index (χ0) is 23.2. The molecule has 0 bridgehead atoms. The first-order valence-corrected chi connectivity index (χ1v) is 10.2. The van der Waals surface area contributed by atoms with E-state index >= 15 is 0 Å². The summed E-state index contributed by atoms with van der Waals surface area (Å²) in [6, 6.07) is -4.68. The second kappa shape index (κ2) is 11.2. The molecule has 11 nitrogen and oxygen atoms in total. The van der Waals surface area contributed by atoms with Crippen LogP contribution in [0.3, 0.4) is 0 Å². The molecule has 0 saturated carbocycles. The van der Waals surface area contributed by atoms with Crippen LogP contribution in [0.15, 0.2) is 0 Å². The SMILES string of the molecule is CCC(C)C(NC(=O)C(N)C(C)O)C(=O)NC(C(=O)N1CCCC1C(=O)O)C(C)O. The lowest BCUT2D eigenvalue weighted by Gasteiger charge is -2.31. The van der Waals surface area contributed by atoms with Crippen molar-refractivity contribution < 1.29 is 34.5 Å². The van der Waals surface area contributed by atoms with Crippen molar-refractivity contribution in [3.63, 3.8) is 0 Å². The number of carboxylic acids is 1. The van der Waals surface area contributed by atoms with Gasteiger partial charge in [-0.2, -0.15) is 0 Å². The maximum absolute atomic E-state index is 12.9. The highest BCUT2D eigenvalue weighted by molar-refractivity contribution is 5.94. The summed E-state index contributed by atoms with van der Waals surface area (Å²) in [6.45, 7) is 6.40. The van der Waals surface area contributed by atoms with Gasteiger partial charge in [0.15, 0.2) is 0 Å². The van der Waals surface area contributed by atoms with E-state index in [1.807, 2.05) is 6.92 Å². The molecule has 30 heavy (non-hydrogen) atoms. The van der Waals surface area contributed by atoms with Crippen LogP contribution in [0.1, 0.15) is 47.0 Å². The van der Waals surface area contributed by atoms with Gasteiger partial charge in [0.1, 0.15) is 24.2 Å². The standard InChI is InChI=1S/C19H34N4O7/c1-5-9(2)14(21-16(26)13(20)10(3)24)17(27)22-15(11(4)25)18(28)23-8-6-7-12(23)19(29)30/h9-15,24-25H,5-8,20H2,1-4H3,(H,21,26)(H,22,27)(H,29,30). The molecule has 172 valence electrons. The van der Waals surface area contributed by atoms with Crippen LogP contribution in [0, 0.1) is 5.92 Å². The van der Waals surface area contributed by atoms with Gasteiger partial charge in [-0.25, -0.2) is 4.79 Å². The molecule has 1 aliphatic rings. The Hall–Kier alpha value is -2.24. The first-order valence-electron chi connectivity index (χ1n) is 10.2. The van der Waals surface area contributed by atoms with Crippen molar-refractivity contribution in [1.29, 1.82) is 0 Å². The van der Waals surface area contributed by atoms with E-state index in [1.54, 1.807) is 6.92 Å². The van der Waals surface area contributed by atoms with Gasteiger partial charge >= 0.3 is 5.97 Å². The van der Waals surface area contributed by atoms with E-state index in [-0.39, 0.29) is 12.5 Å². The first-order chi connectivity index (χ1) is 13.9. The second-order valence-corrected chi connectivity index (χ2v) is 7.89. The zero-order valence-electron chi connectivity index (χ0n) is 17.9. The number of nitrogens with zero attached hydrogens (tertiary/aromatic N) is 1. The summed E-state index contributed by atoms with van der Waals surface area (Å²) >= 11 is 0. The Morgan fingerprint density at radius 3 is 2.07 bits per heavy atom. The molecule has 0 aromatic rings. The molecule has 0 aromatic carbocycles. The zero-order valence-corrected chi connectivity index (χ0v) is 17.9. The van der Waals surface area contributed by atoms with E-state index in [9.17, 15) is 34.5 Å². The molecule has 3 amide bonds. The highest BCUT2D eigenvalue weighted by Crippen LogP contribution is 2.19. The van der Waals surface area contributed by atoms with Gasteiger partial charge in [0.2, 0.25) is 17.7 Å². The first kappa shape index (κ1) is 25.8. The maximum Gasteiger partial charge on any atom is 0.326 e. The van der Waals surface area contributed by atoms with E-state index in [0.717, 1.165) is 4.90 Å². The van der Waals surface area contributed by atoms with Gasteiger partial charge in [-0.3, -0.25) is 14.4 Å². The van der Waals surface area contributed by atoms with E-state index in [4.69, 9.17) is 5.73 Å². The number of aliphatic hydroxyl groups is 2. The van der Waals surface area contributed by atoms with Gasteiger partial charge in [-0.05, 0) is 32.6 Å². The molecule has 7 N–H and O–H groups in total. The quantitative estimate of drug-likeness (QED) is 0.234. The number of amides is 3. The van der Waals surface area contributed by atoms with Crippen molar-refractivity contribution in [2.75, 3.05) is 6.54 Å². The van der Waals surface area contributed by atoms with Crippen molar-refractivity contribution in [2.45, 2.75) is 83.3 Å². The number of likely N-dealkylation sites (tertiary alicyclic amines) is 1. The molecular formula is C19H34N4O7. The van der Waals surface area contributed by atoms with Gasteiger partial charge in [-0.15, -0.1) is 0 Å². The summed E-state index contributed by atoms with van der Waals surface area (Å²) < 4.78 is 0. The number of nitrogens with one attached hydrogen (secondary N) is 2. The van der Waals surface area contributed by atoms with Crippen LogP contribution in [0.25, 0.3) is 0 Å². The summed E-state index contributed by atoms with van der Waals surface area (Å²) in [5, 5.41) is 33.8. The number of nitrogens with two attached hydrogens (primary N) is 1. The molecule has 1 saturated heterocycles. The molecule has 0 aliphatic carbocycles. The van der Waals surface area contributed by atoms with Crippen LogP contribution in [0.4, 0.5) is 0 Å². The summed E-state index contributed by atoms with van der Waals surface area (Å²) in [7, 11) is 0. The monoisotopic (exact) mass is 430 g/mol. The van der Waals surface area contributed by atoms with Crippen molar-refractivity contribution in [1.82, 2.24) is 15.5 Å². The Kier molecular flexibility index (Phi) is 9.66. The van der Waals surface area contributed by atoms with E-state index in [2.05, 4.69) is 10.6 Å². The lowest BCUT2D eigenvalue weighted by atomic mass is 9.96. The third kappa shape index (κ3) is 6.38. The maximum atomic E-state index is 12.9. The number of carbonyl (C=O) groups excluding carboxylic acids is 3. The number of carboxylic acid groups (broad SMARTS) is 1. The number of carbonyl (C=O) groups is 4. The van der Waals surface area contributed by atoms with Crippen LogP contribution in [-0.2, 0) is 19.2 Å². The molecular weight excluding hydrogens is 396 g/mol. The minimum atomic E-state index is -1.37. The molecule has 1 fully saturated rings. The summed E-state index contributed by atoms with van der Waals surface area (Å²) in [4.78, 5) is 50.5. The summed E-state index contributed by atoms with van der Waals surface area (Å²) in [5.74, 6) is -3.61. The molecule has 1 heterocycles. The normalized spacial score (nSPS) is 22.4. The van der Waals surface area contributed by atoms with Crippen LogP contribution in [-0.4, -0.2) is 86.8 Å². The number of hydrogen-bond donors (Lipinski definition) is 6. The van der Waals surface area contributed by atoms with Crippen LogP contribution < -0.4 is 16.4 Å². The average Bonchev–Trinajstić information content (AvgIpc) is 3.17. The average molecular weight is 431 g/mol. The molecule has 0 radical (unpaired) electrons. The molecule has 1 rings (SSSR count). The predicted octanol–water partition coefficient (Wildman–Crippen LogP) is -1.83. The fourth-order valence-corrected chi connectivity index (χ4v) is 3.27. The van der Waals surface area contributed by atoms with Gasteiger partial charge in [0.25, 0.3) is 0 Å². The third-order valence-corrected chi connectivity index (χ3v) is 5.48. The molecule has 0 aromatic heterocycles. The predicted molar refractivity (Wildman–Crippen MR) is 107 cm³/mol. The van der Waals surface area contributed by atoms with Crippen molar-refractivity contribution >= 4 is 23.7 Å². The Morgan fingerprint density at radius 1 is 1.03 bits per heavy atom. The minimum absolute atomic E-state index is 0.212. The van der Waals surface area contributed by atoms with Crippen LogP contribution in [0.2, 0.25) is 0 Å². The van der Waals surface area contributed by atoms with Crippen molar-refractivity contribution in [3.05, 3.63) is 0 Å². The van der Waals surface area contributed by atoms with E-state index < -0.39 is 60.1 Å². The molecule has 7 atom stereocenters. The van der Waals surface area contributed by atoms with Crippen molar-refractivity contribution in [2.24, 2.45) is 11.7 Å². The molecule has 0 spiro atoms. The van der Waals surface area contributed by atoms with Gasteiger partial charge in [-0.1, -0.05) is 20.3 Å². The Bertz CT molecular complexity index is 640. The summed E-state index contributed by atoms with van der Waals surface area (Å²) in [5.41, 5.74) is 5.62. The van der Waals surface area contributed by atoms with Crippen LogP contribution in [0.5, 0.6) is 0 Å². The Balaban J connectivity index is 3.00. The fourth-order valence-electron chi connectivity index (χ4n) is 3.27. The second-order valence-electron chi connectivity index (χ2n) is 7.89. The Labute approximate surface area is 176 Å². The highest BCUT2D eigenvalue weighted by Gasteiger charge is 2.40. The lowest BCUT2D eigenvalue weighted by Crippen LogP contribution is -2.61.